The number of nitrogens with one attached hydrogen (secondary N) is 1. The molecule has 0 bridgehead atoms. The summed E-state index contributed by atoms with van der Waals surface area (Å²) in [5.41, 5.74) is 1.15. The van der Waals surface area contributed by atoms with E-state index in [4.69, 9.17) is 9.47 Å². The normalized spacial score (nSPS) is 15.5. The Bertz CT molecular complexity index is 574. The van der Waals surface area contributed by atoms with Crippen molar-refractivity contribution in [2.75, 3.05) is 19.8 Å². The quantitative estimate of drug-likeness (QED) is 0.920. The lowest BCUT2D eigenvalue weighted by Crippen LogP contribution is -2.22. The highest BCUT2D eigenvalue weighted by Gasteiger charge is 2.19. The van der Waals surface area contributed by atoms with Crippen LogP contribution in [0.3, 0.4) is 0 Å². The molecule has 5 nitrogen and oxygen atoms in total. The van der Waals surface area contributed by atoms with Gasteiger partial charge in [0.15, 0.2) is 11.5 Å². The molecule has 0 aliphatic carbocycles. The smallest absolute Gasteiger partial charge is 0.161 e. The number of aromatic nitrogens is 2. The lowest BCUT2D eigenvalue weighted by atomic mass is 10.0. The summed E-state index contributed by atoms with van der Waals surface area (Å²) in [5.74, 6) is 1.65. The van der Waals surface area contributed by atoms with Crippen molar-refractivity contribution in [1.29, 1.82) is 0 Å². The molecule has 1 N–H and O–H groups in total. The zero-order chi connectivity index (χ0) is 14.5. The maximum Gasteiger partial charge on any atom is 0.161 e. The van der Waals surface area contributed by atoms with Crippen molar-refractivity contribution in [3.05, 3.63) is 34.8 Å². The van der Waals surface area contributed by atoms with Crippen molar-refractivity contribution >= 4 is 11.5 Å². The van der Waals surface area contributed by atoms with E-state index in [2.05, 4.69) is 34.0 Å². The molecule has 6 heteroatoms. The summed E-state index contributed by atoms with van der Waals surface area (Å²) in [6.45, 7) is 4.51. The van der Waals surface area contributed by atoms with E-state index in [9.17, 15) is 0 Å². The summed E-state index contributed by atoms with van der Waals surface area (Å²) in [6.07, 6.45) is 3.81. The summed E-state index contributed by atoms with van der Waals surface area (Å²) >= 11 is 1.42. The molecule has 0 saturated heterocycles. The van der Waals surface area contributed by atoms with Gasteiger partial charge in [0.25, 0.3) is 0 Å². The predicted molar refractivity (Wildman–Crippen MR) is 82.1 cm³/mol. The minimum absolute atomic E-state index is 0.0992. The number of hydrogen-bond acceptors (Lipinski definition) is 6. The van der Waals surface area contributed by atoms with Crippen molar-refractivity contribution in [3.63, 3.8) is 0 Å². The van der Waals surface area contributed by atoms with Crippen molar-refractivity contribution in [2.45, 2.75) is 25.8 Å². The Balaban J connectivity index is 1.90. The second-order valence-corrected chi connectivity index (χ2v) is 5.78. The van der Waals surface area contributed by atoms with Gasteiger partial charge in [0.05, 0.1) is 30.3 Å². The van der Waals surface area contributed by atoms with E-state index < -0.39 is 0 Å². The Morgan fingerprint density at radius 1 is 1.29 bits per heavy atom. The van der Waals surface area contributed by atoms with Gasteiger partial charge in [-0.1, -0.05) is 17.5 Å². The van der Waals surface area contributed by atoms with E-state index in [0.717, 1.165) is 41.3 Å². The SMILES string of the molecule is CCCNC(c1ccc2c(c1)OCCCO2)c1cnns1. The second kappa shape index (κ2) is 6.87. The molecule has 112 valence electrons. The van der Waals surface area contributed by atoms with Crippen molar-refractivity contribution in [1.82, 2.24) is 14.9 Å². The topological polar surface area (TPSA) is 56.3 Å². The molecule has 2 aromatic rings. The van der Waals surface area contributed by atoms with Gasteiger partial charge in [-0.15, -0.1) is 5.10 Å². The molecule has 0 fully saturated rings. The monoisotopic (exact) mass is 305 g/mol. The lowest BCUT2D eigenvalue weighted by Gasteiger charge is -2.18. The molecule has 0 spiro atoms. The minimum Gasteiger partial charge on any atom is -0.490 e. The highest BCUT2D eigenvalue weighted by atomic mass is 32.1. The lowest BCUT2D eigenvalue weighted by molar-refractivity contribution is 0.297. The number of hydrogen-bond donors (Lipinski definition) is 1. The summed E-state index contributed by atoms with van der Waals surface area (Å²) in [7, 11) is 0. The number of ether oxygens (including phenoxy) is 2. The van der Waals surface area contributed by atoms with E-state index in [1.54, 1.807) is 0 Å². The average Bonchev–Trinajstić information content (AvgIpc) is 2.93. The molecule has 1 aliphatic rings. The van der Waals surface area contributed by atoms with Crippen LogP contribution in [0.5, 0.6) is 11.5 Å². The Hall–Kier alpha value is -1.66. The van der Waals surface area contributed by atoms with Crippen molar-refractivity contribution < 1.29 is 9.47 Å². The first-order chi connectivity index (χ1) is 10.4. The van der Waals surface area contributed by atoms with Crippen molar-refractivity contribution in [3.8, 4) is 11.5 Å². The number of benzene rings is 1. The standard InChI is InChI=1S/C15H19N3O2S/c1-2-6-16-15(14-10-17-18-21-14)11-4-5-12-13(9-11)20-8-3-7-19-12/h4-5,9-10,15-16H,2-3,6-8H2,1H3. The number of nitrogens with zero attached hydrogens (tertiary/aromatic N) is 2. The van der Waals surface area contributed by atoms with Crippen LogP contribution in [0, 0.1) is 0 Å². The highest BCUT2D eigenvalue weighted by molar-refractivity contribution is 7.05. The van der Waals surface area contributed by atoms with Crippen LogP contribution in [0.1, 0.15) is 36.2 Å². The number of fused-ring (bicyclic) bond motifs is 1. The molecule has 2 heterocycles. The molecule has 21 heavy (non-hydrogen) atoms. The zero-order valence-corrected chi connectivity index (χ0v) is 12.9. The third kappa shape index (κ3) is 3.33. The summed E-state index contributed by atoms with van der Waals surface area (Å²) in [6, 6.07) is 6.24. The molecule has 1 aromatic carbocycles. The van der Waals surface area contributed by atoms with Gasteiger partial charge in [0.2, 0.25) is 0 Å². The van der Waals surface area contributed by atoms with E-state index in [0.29, 0.717) is 13.2 Å². The molecule has 0 saturated carbocycles. The number of rotatable bonds is 5. The Morgan fingerprint density at radius 3 is 2.90 bits per heavy atom. The molecule has 1 unspecified atom stereocenters. The summed E-state index contributed by atoms with van der Waals surface area (Å²) in [5, 5.41) is 7.50. The predicted octanol–water partition coefficient (Wildman–Crippen LogP) is 2.79. The fraction of sp³-hybridized carbons (Fsp3) is 0.467. The van der Waals surface area contributed by atoms with Gasteiger partial charge >= 0.3 is 0 Å². The molecular weight excluding hydrogens is 286 g/mol. The van der Waals surface area contributed by atoms with E-state index >= 15 is 0 Å². The van der Waals surface area contributed by atoms with Gasteiger partial charge in [0, 0.05) is 6.42 Å². The molecule has 1 aliphatic heterocycles. The minimum atomic E-state index is 0.0992. The molecule has 1 aromatic heterocycles. The largest absolute Gasteiger partial charge is 0.490 e. The molecule has 1 atom stereocenters. The molecular formula is C15H19N3O2S. The van der Waals surface area contributed by atoms with Gasteiger partial charge in [-0.2, -0.15) is 0 Å². The first kappa shape index (κ1) is 14.3. The molecule has 0 radical (unpaired) electrons. The summed E-state index contributed by atoms with van der Waals surface area (Å²) in [4.78, 5) is 1.11. The van der Waals surface area contributed by atoms with Crippen LogP contribution in [-0.2, 0) is 0 Å². The third-order valence-electron chi connectivity index (χ3n) is 3.37. The van der Waals surface area contributed by atoms with Gasteiger partial charge in [-0.3, -0.25) is 0 Å². The van der Waals surface area contributed by atoms with Gasteiger partial charge in [0.1, 0.15) is 0 Å². The van der Waals surface area contributed by atoms with Gasteiger partial charge in [-0.05, 0) is 42.2 Å². The first-order valence-electron chi connectivity index (χ1n) is 7.28. The van der Waals surface area contributed by atoms with Crippen LogP contribution in [0.15, 0.2) is 24.4 Å². The molecule has 0 amide bonds. The zero-order valence-electron chi connectivity index (χ0n) is 12.0. The van der Waals surface area contributed by atoms with Crippen molar-refractivity contribution in [2.24, 2.45) is 0 Å². The first-order valence-corrected chi connectivity index (χ1v) is 8.06. The Morgan fingerprint density at radius 2 is 2.14 bits per heavy atom. The Labute approximate surface area is 128 Å². The third-order valence-corrected chi connectivity index (χ3v) is 4.09. The van der Waals surface area contributed by atoms with Crippen LogP contribution in [0.25, 0.3) is 0 Å². The maximum atomic E-state index is 5.78. The van der Waals surface area contributed by atoms with Crippen LogP contribution in [0.2, 0.25) is 0 Å². The van der Waals surface area contributed by atoms with E-state index in [1.165, 1.54) is 11.5 Å². The second-order valence-electron chi connectivity index (χ2n) is 4.96. The van der Waals surface area contributed by atoms with Crippen LogP contribution in [-0.4, -0.2) is 29.3 Å². The highest BCUT2D eigenvalue weighted by Crippen LogP contribution is 2.34. The fourth-order valence-electron chi connectivity index (χ4n) is 2.33. The van der Waals surface area contributed by atoms with Gasteiger partial charge < -0.3 is 14.8 Å². The van der Waals surface area contributed by atoms with E-state index in [1.807, 2.05) is 12.3 Å². The van der Waals surface area contributed by atoms with E-state index in [-0.39, 0.29) is 6.04 Å². The van der Waals surface area contributed by atoms with Crippen LogP contribution < -0.4 is 14.8 Å². The maximum absolute atomic E-state index is 5.78. The van der Waals surface area contributed by atoms with Crippen LogP contribution >= 0.6 is 11.5 Å². The average molecular weight is 305 g/mol. The summed E-state index contributed by atoms with van der Waals surface area (Å²) < 4.78 is 15.4. The molecule has 3 rings (SSSR count). The van der Waals surface area contributed by atoms with Crippen LogP contribution in [0.4, 0.5) is 0 Å². The fourth-order valence-corrected chi connectivity index (χ4v) is 2.94. The van der Waals surface area contributed by atoms with Gasteiger partial charge in [-0.25, -0.2) is 0 Å². The Kier molecular flexibility index (Phi) is 4.67.